The highest BCUT2D eigenvalue weighted by Gasteiger charge is 2.14. The molecule has 22 heavy (non-hydrogen) atoms. The topological polar surface area (TPSA) is 78.3 Å². The molecule has 0 saturated carbocycles. The Bertz CT molecular complexity index is 642. The van der Waals surface area contributed by atoms with Crippen LogP contribution in [0.5, 0.6) is 11.5 Å². The van der Waals surface area contributed by atoms with Gasteiger partial charge in [-0.15, -0.1) is 0 Å². The quantitative estimate of drug-likeness (QED) is 0.866. The zero-order chi connectivity index (χ0) is 15.4. The Morgan fingerprint density at radius 1 is 1.41 bits per heavy atom. The fraction of sp³-hybridized carbons (Fsp3) is 0.400. The van der Waals surface area contributed by atoms with E-state index in [-0.39, 0.29) is 18.7 Å². The van der Waals surface area contributed by atoms with Gasteiger partial charge in [-0.25, -0.2) is 4.98 Å². The van der Waals surface area contributed by atoms with Crippen molar-refractivity contribution in [2.45, 2.75) is 32.4 Å². The highest BCUT2D eigenvalue weighted by atomic mass is 16.7. The average molecular weight is 302 g/mol. The van der Waals surface area contributed by atoms with Crippen molar-refractivity contribution in [2.75, 3.05) is 6.79 Å². The van der Waals surface area contributed by atoms with Crippen LogP contribution in [0.25, 0.3) is 0 Å². The molecule has 1 aromatic heterocycles. The standard InChI is InChI=1S/C15H18N4O3/c1-11(7-19-9-16-8-17-19)18-15(20)5-3-12-2-4-13-14(6-12)22-10-21-13/h2,4,6,8-9,11H,3,5,7,10H2,1H3,(H,18,20)/t11-/m1/s1. The molecule has 2 aromatic rings. The van der Waals surface area contributed by atoms with Crippen LogP contribution in [-0.4, -0.2) is 33.5 Å². The second kappa shape index (κ2) is 6.46. The summed E-state index contributed by atoms with van der Waals surface area (Å²) in [7, 11) is 0. The summed E-state index contributed by atoms with van der Waals surface area (Å²) in [5.41, 5.74) is 1.06. The molecule has 116 valence electrons. The van der Waals surface area contributed by atoms with Gasteiger partial charge in [-0.3, -0.25) is 9.48 Å². The lowest BCUT2D eigenvalue weighted by Crippen LogP contribution is -2.35. The van der Waals surface area contributed by atoms with Crippen molar-refractivity contribution in [3.05, 3.63) is 36.4 Å². The van der Waals surface area contributed by atoms with E-state index in [4.69, 9.17) is 9.47 Å². The number of hydrogen-bond donors (Lipinski definition) is 1. The summed E-state index contributed by atoms with van der Waals surface area (Å²) >= 11 is 0. The van der Waals surface area contributed by atoms with Crippen LogP contribution in [0.1, 0.15) is 18.9 Å². The number of aromatic nitrogens is 3. The number of carbonyl (C=O) groups is 1. The Morgan fingerprint density at radius 3 is 3.09 bits per heavy atom. The predicted molar refractivity (Wildman–Crippen MR) is 78.5 cm³/mol. The fourth-order valence-electron chi connectivity index (χ4n) is 2.35. The van der Waals surface area contributed by atoms with Crippen LogP contribution >= 0.6 is 0 Å². The Labute approximate surface area is 128 Å². The number of rotatable bonds is 6. The van der Waals surface area contributed by atoms with Gasteiger partial charge in [0, 0.05) is 12.5 Å². The molecule has 0 unspecified atom stereocenters. The highest BCUT2D eigenvalue weighted by Crippen LogP contribution is 2.32. The SMILES string of the molecule is C[C@H](Cn1cncn1)NC(=O)CCc1ccc2c(c1)OCO2. The first kappa shape index (κ1) is 14.4. The van der Waals surface area contributed by atoms with E-state index in [0.29, 0.717) is 19.4 Å². The van der Waals surface area contributed by atoms with Gasteiger partial charge >= 0.3 is 0 Å². The predicted octanol–water partition coefficient (Wildman–Crippen LogP) is 1.14. The van der Waals surface area contributed by atoms with E-state index in [9.17, 15) is 4.79 Å². The van der Waals surface area contributed by atoms with Crippen molar-refractivity contribution >= 4 is 5.91 Å². The minimum absolute atomic E-state index is 0.00551. The van der Waals surface area contributed by atoms with Gasteiger partial charge in [0.05, 0.1) is 6.54 Å². The summed E-state index contributed by atoms with van der Waals surface area (Å²) in [4.78, 5) is 15.9. The molecule has 7 heteroatoms. The maximum absolute atomic E-state index is 12.0. The van der Waals surface area contributed by atoms with E-state index in [1.54, 1.807) is 11.0 Å². The summed E-state index contributed by atoms with van der Waals surface area (Å²) in [6.07, 6.45) is 4.21. The summed E-state index contributed by atoms with van der Waals surface area (Å²) < 4.78 is 12.3. The maximum Gasteiger partial charge on any atom is 0.231 e. The Morgan fingerprint density at radius 2 is 2.27 bits per heavy atom. The molecule has 3 rings (SSSR count). The summed E-state index contributed by atoms with van der Waals surface area (Å²) in [6.45, 7) is 2.81. The van der Waals surface area contributed by atoms with Crippen LogP contribution < -0.4 is 14.8 Å². The van der Waals surface area contributed by atoms with Gasteiger partial charge in [-0.1, -0.05) is 6.07 Å². The molecule has 2 heterocycles. The number of ether oxygens (including phenoxy) is 2. The van der Waals surface area contributed by atoms with Gasteiger partial charge in [-0.05, 0) is 31.0 Å². The van der Waals surface area contributed by atoms with Gasteiger partial charge in [-0.2, -0.15) is 5.10 Å². The van der Waals surface area contributed by atoms with Crippen LogP contribution in [0.2, 0.25) is 0 Å². The molecule has 1 aromatic carbocycles. The number of nitrogens with zero attached hydrogens (tertiary/aromatic N) is 3. The molecule has 1 atom stereocenters. The van der Waals surface area contributed by atoms with E-state index in [0.717, 1.165) is 17.1 Å². The van der Waals surface area contributed by atoms with E-state index in [1.807, 2.05) is 25.1 Å². The Balaban J connectivity index is 1.46. The minimum atomic E-state index is 0.00551. The molecule has 0 saturated heterocycles. The zero-order valence-electron chi connectivity index (χ0n) is 12.4. The number of fused-ring (bicyclic) bond motifs is 1. The number of aryl methyl sites for hydroxylation is 1. The molecule has 0 aliphatic carbocycles. The van der Waals surface area contributed by atoms with Crippen LogP contribution in [0.4, 0.5) is 0 Å². The number of hydrogen-bond acceptors (Lipinski definition) is 5. The van der Waals surface area contributed by atoms with E-state index in [2.05, 4.69) is 15.4 Å². The third-order valence-electron chi connectivity index (χ3n) is 3.41. The Kier molecular flexibility index (Phi) is 4.22. The lowest BCUT2D eigenvalue weighted by atomic mass is 10.1. The third-order valence-corrected chi connectivity index (χ3v) is 3.41. The number of amides is 1. The van der Waals surface area contributed by atoms with Crippen molar-refractivity contribution in [1.29, 1.82) is 0 Å². The minimum Gasteiger partial charge on any atom is -0.454 e. The van der Waals surface area contributed by atoms with Crippen molar-refractivity contribution in [3.8, 4) is 11.5 Å². The van der Waals surface area contributed by atoms with Crippen LogP contribution in [0.15, 0.2) is 30.9 Å². The second-order valence-corrected chi connectivity index (χ2v) is 5.27. The second-order valence-electron chi connectivity index (χ2n) is 5.27. The lowest BCUT2D eigenvalue weighted by molar-refractivity contribution is -0.121. The first-order valence-electron chi connectivity index (χ1n) is 7.21. The van der Waals surface area contributed by atoms with Crippen molar-refractivity contribution in [1.82, 2.24) is 20.1 Å². The molecule has 7 nitrogen and oxygen atoms in total. The first-order valence-corrected chi connectivity index (χ1v) is 7.21. The largest absolute Gasteiger partial charge is 0.454 e. The van der Waals surface area contributed by atoms with Crippen LogP contribution in [0.3, 0.4) is 0 Å². The molecule has 1 amide bonds. The van der Waals surface area contributed by atoms with E-state index < -0.39 is 0 Å². The number of carbonyl (C=O) groups excluding carboxylic acids is 1. The van der Waals surface area contributed by atoms with E-state index >= 15 is 0 Å². The van der Waals surface area contributed by atoms with Crippen molar-refractivity contribution in [2.24, 2.45) is 0 Å². The van der Waals surface area contributed by atoms with Gasteiger partial charge < -0.3 is 14.8 Å². The molecule has 1 N–H and O–H groups in total. The van der Waals surface area contributed by atoms with Crippen LogP contribution in [-0.2, 0) is 17.8 Å². The molecule has 0 spiro atoms. The van der Waals surface area contributed by atoms with Gasteiger partial charge in [0.2, 0.25) is 12.7 Å². The maximum atomic E-state index is 12.0. The summed E-state index contributed by atoms with van der Waals surface area (Å²) in [5, 5.41) is 6.98. The Hall–Kier alpha value is -2.57. The molecular formula is C15H18N4O3. The van der Waals surface area contributed by atoms with Gasteiger partial charge in [0.15, 0.2) is 11.5 Å². The number of nitrogens with one attached hydrogen (secondary N) is 1. The third kappa shape index (κ3) is 3.55. The van der Waals surface area contributed by atoms with Gasteiger partial charge in [0.1, 0.15) is 12.7 Å². The molecule has 0 radical (unpaired) electrons. The fourth-order valence-corrected chi connectivity index (χ4v) is 2.35. The first-order chi connectivity index (χ1) is 10.7. The smallest absolute Gasteiger partial charge is 0.231 e. The van der Waals surface area contributed by atoms with E-state index in [1.165, 1.54) is 6.33 Å². The summed E-state index contributed by atoms with van der Waals surface area (Å²) in [6, 6.07) is 5.77. The molecule has 1 aliphatic heterocycles. The molecule has 0 fully saturated rings. The van der Waals surface area contributed by atoms with Crippen molar-refractivity contribution < 1.29 is 14.3 Å². The summed E-state index contributed by atoms with van der Waals surface area (Å²) in [5.74, 6) is 1.53. The monoisotopic (exact) mass is 302 g/mol. The normalized spacial score (nSPS) is 13.9. The molecule has 0 bridgehead atoms. The lowest BCUT2D eigenvalue weighted by Gasteiger charge is -2.13. The molecule has 1 aliphatic rings. The van der Waals surface area contributed by atoms with Crippen molar-refractivity contribution in [3.63, 3.8) is 0 Å². The zero-order valence-corrected chi connectivity index (χ0v) is 12.4. The highest BCUT2D eigenvalue weighted by molar-refractivity contribution is 5.76. The number of benzene rings is 1. The average Bonchev–Trinajstić information content (AvgIpc) is 3.15. The van der Waals surface area contributed by atoms with Gasteiger partial charge in [0.25, 0.3) is 0 Å². The molecular weight excluding hydrogens is 284 g/mol. The van der Waals surface area contributed by atoms with Crippen LogP contribution in [0, 0.1) is 0 Å².